The lowest BCUT2D eigenvalue weighted by atomic mass is 10.1. The van der Waals surface area contributed by atoms with Crippen molar-refractivity contribution in [2.45, 2.75) is 0 Å². The Labute approximate surface area is 162 Å². The zero-order valence-corrected chi connectivity index (χ0v) is 15.0. The lowest BCUT2D eigenvalue weighted by molar-refractivity contribution is -0.572. The van der Waals surface area contributed by atoms with Crippen molar-refractivity contribution in [1.29, 1.82) is 0 Å². The Balaban J connectivity index is 1.72. The number of para-hydroxylation sites is 4. The molecule has 5 aromatic rings. The van der Waals surface area contributed by atoms with E-state index < -0.39 is 0 Å². The largest absolute Gasteiger partial charge is 0.511 e. The number of nitrogens with zero attached hydrogens (tertiary/aromatic N) is 3. The van der Waals surface area contributed by atoms with Crippen LogP contribution in [0, 0.1) is 6.33 Å². The average Bonchev–Trinajstić information content (AvgIpc) is 3.14. The molecule has 0 fully saturated rings. The maximum atomic E-state index is 10.3. The Morgan fingerprint density at radius 2 is 1.64 bits per heavy atom. The van der Waals surface area contributed by atoms with Gasteiger partial charge >= 0.3 is 0 Å². The minimum absolute atomic E-state index is 0.217. The van der Waals surface area contributed by atoms with Crippen molar-refractivity contribution in [3.63, 3.8) is 0 Å². The maximum absolute atomic E-state index is 10.3. The third-order valence-electron chi connectivity index (χ3n) is 4.75. The first kappa shape index (κ1) is 16.3. The molecule has 0 unspecified atom stereocenters. The van der Waals surface area contributed by atoms with Crippen molar-refractivity contribution in [2.75, 3.05) is 0 Å². The van der Waals surface area contributed by atoms with Gasteiger partial charge in [0.05, 0.1) is 22.4 Å². The average molecular weight is 363 g/mol. The van der Waals surface area contributed by atoms with E-state index in [1.165, 1.54) is 0 Å². The second kappa shape index (κ2) is 6.67. The topological polar surface area (TPSA) is 41.9 Å². The van der Waals surface area contributed by atoms with Crippen LogP contribution in [0.15, 0.2) is 97.2 Å². The van der Waals surface area contributed by atoms with Crippen LogP contribution in [-0.2, 0) is 0 Å². The van der Waals surface area contributed by atoms with Gasteiger partial charge in [-0.3, -0.25) is 14.1 Å². The van der Waals surface area contributed by atoms with Crippen molar-refractivity contribution >= 4 is 11.0 Å². The van der Waals surface area contributed by atoms with E-state index in [9.17, 15) is 5.11 Å². The number of phenolic OH excluding ortho intramolecular Hbond substituents is 1. The van der Waals surface area contributed by atoms with Gasteiger partial charge in [-0.05, 0) is 42.0 Å². The van der Waals surface area contributed by atoms with E-state index in [1.807, 2.05) is 75.9 Å². The molecule has 3 aromatic carbocycles. The molecule has 2 heterocycles. The molecule has 0 atom stereocenters. The van der Waals surface area contributed by atoms with Crippen molar-refractivity contribution in [3.8, 4) is 28.4 Å². The van der Waals surface area contributed by atoms with E-state index in [0.717, 1.165) is 28.0 Å². The molecule has 0 aliphatic carbocycles. The molecule has 28 heavy (non-hydrogen) atoms. The van der Waals surface area contributed by atoms with Gasteiger partial charge in [0.15, 0.2) is 0 Å². The molecular weight excluding hydrogens is 346 g/mol. The fourth-order valence-electron chi connectivity index (χ4n) is 3.42. The minimum Gasteiger partial charge on any atom is -0.511 e. The zero-order valence-electron chi connectivity index (χ0n) is 15.0. The molecule has 134 valence electrons. The predicted molar refractivity (Wildman–Crippen MR) is 109 cm³/mol. The van der Waals surface area contributed by atoms with Crippen molar-refractivity contribution < 1.29 is 9.67 Å². The molecule has 0 amide bonds. The van der Waals surface area contributed by atoms with E-state index in [1.54, 1.807) is 12.3 Å². The number of aromatic hydroxyl groups is 1. The second-order valence-corrected chi connectivity index (χ2v) is 6.51. The second-order valence-electron chi connectivity index (χ2n) is 6.51. The summed E-state index contributed by atoms with van der Waals surface area (Å²) in [5, 5.41) is 10.3. The van der Waals surface area contributed by atoms with Gasteiger partial charge in [0.2, 0.25) is 0 Å². The van der Waals surface area contributed by atoms with Gasteiger partial charge in [0, 0.05) is 6.20 Å². The number of aromatic nitrogens is 3. The summed E-state index contributed by atoms with van der Waals surface area (Å²) in [6.07, 6.45) is 5.19. The lowest BCUT2D eigenvalue weighted by Gasteiger charge is -2.06. The molecule has 4 heteroatoms. The quantitative estimate of drug-likeness (QED) is 0.379. The minimum atomic E-state index is 0.217. The highest BCUT2D eigenvalue weighted by molar-refractivity contribution is 5.75. The van der Waals surface area contributed by atoms with Crippen LogP contribution in [0.4, 0.5) is 0 Å². The first-order chi connectivity index (χ1) is 13.8. The molecule has 4 nitrogen and oxygen atoms in total. The molecule has 0 saturated heterocycles. The van der Waals surface area contributed by atoms with E-state index in [0.29, 0.717) is 5.69 Å². The third-order valence-corrected chi connectivity index (χ3v) is 4.75. The van der Waals surface area contributed by atoms with Crippen molar-refractivity contribution in [1.82, 2.24) is 9.55 Å². The first-order valence-corrected chi connectivity index (χ1v) is 9.06. The molecule has 0 spiro atoms. The highest BCUT2D eigenvalue weighted by Gasteiger charge is 2.14. The van der Waals surface area contributed by atoms with Gasteiger partial charge in [0.1, 0.15) is 11.4 Å². The van der Waals surface area contributed by atoms with Gasteiger partial charge in [-0.1, -0.05) is 54.6 Å². The van der Waals surface area contributed by atoms with Crippen LogP contribution in [0.25, 0.3) is 33.7 Å². The van der Waals surface area contributed by atoms with Crippen molar-refractivity contribution in [2.24, 2.45) is 0 Å². The summed E-state index contributed by atoms with van der Waals surface area (Å²) < 4.78 is 3.90. The maximum Gasteiger partial charge on any atom is 0.269 e. The summed E-state index contributed by atoms with van der Waals surface area (Å²) in [6.45, 7) is 0. The first-order valence-electron chi connectivity index (χ1n) is 9.06. The van der Waals surface area contributed by atoms with Crippen LogP contribution < -0.4 is 4.57 Å². The lowest BCUT2D eigenvalue weighted by Crippen LogP contribution is -2.29. The fraction of sp³-hybridized carbons (Fsp3) is 0. The third kappa shape index (κ3) is 2.72. The number of pyridine rings is 1. The van der Waals surface area contributed by atoms with Gasteiger partial charge in [-0.25, -0.2) is 0 Å². The molecule has 2 aromatic heterocycles. The normalized spacial score (nSPS) is 11.0. The van der Waals surface area contributed by atoms with Gasteiger partial charge in [0.25, 0.3) is 6.33 Å². The summed E-state index contributed by atoms with van der Waals surface area (Å²) in [4.78, 5) is 4.45. The summed E-state index contributed by atoms with van der Waals surface area (Å²) >= 11 is 0. The molecular formula is C24H17N3O. The number of hydrogen-bond acceptors (Lipinski definition) is 2. The highest BCUT2D eigenvalue weighted by atomic mass is 16.3. The Morgan fingerprint density at radius 3 is 2.50 bits per heavy atom. The van der Waals surface area contributed by atoms with E-state index in [-0.39, 0.29) is 5.75 Å². The summed E-state index contributed by atoms with van der Waals surface area (Å²) in [7, 11) is 0. The van der Waals surface area contributed by atoms with Crippen LogP contribution in [0.5, 0.6) is 5.75 Å². The number of benzene rings is 3. The molecule has 1 N–H and O–H groups in total. The van der Waals surface area contributed by atoms with E-state index >= 15 is 0 Å². The molecule has 0 bridgehead atoms. The number of fused-ring (bicyclic) bond motifs is 1. The van der Waals surface area contributed by atoms with Crippen molar-refractivity contribution in [3.05, 3.63) is 104 Å². The molecule has 0 aliphatic rings. The summed E-state index contributed by atoms with van der Waals surface area (Å²) in [5.74, 6) is 0.217. The van der Waals surface area contributed by atoms with E-state index in [2.05, 4.69) is 29.5 Å². The van der Waals surface area contributed by atoms with Crippen LogP contribution in [0.2, 0.25) is 0 Å². The standard InChI is InChI=1S/C24H17N3O/c28-24-14-4-3-13-23(24)27-17-26(21-11-1-2-12-22(21)27)19-9-7-8-18(16-19)20-10-5-6-15-25-20/h1-16,28H. The van der Waals surface area contributed by atoms with Gasteiger partial charge < -0.3 is 5.11 Å². The van der Waals surface area contributed by atoms with Gasteiger partial charge in [-0.15, -0.1) is 0 Å². The summed E-state index contributed by atoms with van der Waals surface area (Å²) in [5.41, 5.74) is 5.61. The highest BCUT2D eigenvalue weighted by Crippen LogP contribution is 2.25. The molecule has 0 aliphatic heterocycles. The Hall–Kier alpha value is -3.92. The Bertz CT molecular complexity index is 1280. The Kier molecular flexibility index (Phi) is 3.87. The van der Waals surface area contributed by atoms with Crippen LogP contribution in [-0.4, -0.2) is 14.7 Å². The monoisotopic (exact) mass is 363 g/mol. The zero-order chi connectivity index (χ0) is 18.9. The number of imidazole rings is 1. The van der Waals surface area contributed by atoms with Crippen LogP contribution in [0.1, 0.15) is 0 Å². The number of phenols is 1. The predicted octanol–water partition coefficient (Wildman–Crippen LogP) is 4.47. The SMILES string of the molecule is Oc1ccccc1-n1[c-][n+](-c2cccc(-c3ccccn3)c2)c2ccccc21. The van der Waals surface area contributed by atoms with Crippen LogP contribution in [0.3, 0.4) is 0 Å². The van der Waals surface area contributed by atoms with Crippen LogP contribution >= 0.6 is 0 Å². The number of hydrogen-bond donors (Lipinski definition) is 1. The molecule has 0 saturated carbocycles. The smallest absolute Gasteiger partial charge is 0.269 e. The summed E-state index contributed by atoms with van der Waals surface area (Å²) in [6, 6.07) is 29.5. The molecule has 5 rings (SSSR count). The fourth-order valence-corrected chi connectivity index (χ4v) is 3.42. The Morgan fingerprint density at radius 1 is 0.821 bits per heavy atom. The van der Waals surface area contributed by atoms with Gasteiger partial charge in [-0.2, -0.15) is 0 Å². The number of rotatable bonds is 3. The molecule has 0 radical (unpaired) electrons. The van der Waals surface area contributed by atoms with E-state index in [4.69, 9.17) is 0 Å².